The zero-order valence-corrected chi connectivity index (χ0v) is 16.3. The van der Waals surface area contributed by atoms with Crippen molar-refractivity contribution in [3.63, 3.8) is 0 Å². The van der Waals surface area contributed by atoms with Crippen molar-refractivity contribution in [3.05, 3.63) is 89.9 Å². The van der Waals surface area contributed by atoms with Gasteiger partial charge in [0.05, 0.1) is 0 Å². The van der Waals surface area contributed by atoms with E-state index in [-0.39, 0.29) is 11.9 Å². The Hall–Kier alpha value is -3.25. The fourth-order valence-electron chi connectivity index (χ4n) is 3.53. The van der Waals surface area contributed by atoms with Crippen LogP contribution in [0.3, 0.4) is 0 Å². The highest BCUT2D eigenvalue weighted by molar-refractivity contribution is 5.92. The summed E-state index contributed by atoms with van der Waals surface area (Å²) in [4.78, 5) is 23.7. The summed E-state index contributed by atoms with van der Waals surface area (Å²) in [5.41, 5.74) is 2.67. The Kier molecular flexibility index (Phi) is 6.12. The summed E-state index contributed by atoms with van der Waals surface area (Å²) in [6.45, 7) is 3.09. The number of carbonyl (C=O) groups is 1. The van der Waals surface area contributed by atoms with E-state index in [0.717, 1.165) is 31.1 Å². The first-order valence-corrected chi connectivity index (χ1v) is 9.98. The fraction of sp³-hybridized carbons (Fsp3) is 0.261. The van der Waals surface area contributed by atoms with Crippen molar-refractivity contribution in [2.45, 2.75) is 12.5 Å². The van der Waals surface area contributed by atoms with Crippen LogP contribution in [0.4, 0.5) is 5.82 Å². The molecule has 4 rings (SSSR count). The van der Waals surface area contributed by atoms with E-state index in [1.807, 2.05) is 36.4 Å². The van der Waals surface area contributed by atoms with Crippen molar-refractivity contribution in [2.75, 3.05) is 31.1 Å². The normalized spacial score (nSPS) is 16.4. The molecule has 0 bridgehead atoms. The number of hydrogen-bond donors (Lipinski definition) is 2. The average molecular weight is 387 g/mol. The molecule has 3 heterocycles. The quantitative estimate of drug-likeness (QED) is 0.680. The molecule has 0 spiro atoms. The minimum absolute atomic E-state index is 0.155. The zero-order chi connectivity index (χ0) is 19.9. The highest BCUT2D eigenvalue weighted by Crippen LogP contribution is 2.21. The number of piperazine rings is 1. The lowest BCUT2D eigenvalue weighted by Crippen LogP contribution is -2.46. The van der Waals surface area contributed by atoms with E-state index < -0.39 is 0 Å². The van der Waals surface area contributed by atoms with Crippen molar-refractivity contribution < 1.29 is 4.79 Å². The van der Waals surface area contributed by atoms with Crippen LogP contribution in [0.2, 0.25) is 0 Å². The number of hydrogen-bond acceptors (Lipinski definition) is 5. The number of pyridine rings is 2. The van der Waals surface area contributed by atoms with Crippen molar-refractivity contribution in [3.8, 4) is 0 Å². The van der Waals surface area contributed by atoms with Gasteiger partial charge in [0.2, 0.25) is 0 Å². The van der Waals surface area contributed by atoms with E-state index in [1.165, 1.54) is 5.56 Å². The van der Waals surface area contributed by atoms with Gasteiger partial charge in [-0.15, -0.1) is 0 Å². The number of rotatable bonds is 6. The minimum atomic E-state index is -0.155. The third kappa shape index (κ3) is 4.97. The molecule has 1 fully saturated rings. The lowest BCUT2D eigenvalue weighted by Gasteiger charge is -2.34. The number of aromatic nitrogens is 2. The van der Waals surface area contributed by atoms with Gasteiger partial charge >= 0.3 is 0 Å². The van der Waals surface area contributed by atoms with Crippen LogP contribution < -0.4 is 15.5 Å². The molecule has 1 atom stereocenters. The molecule has 1 aliphatic rings. The average Bonchev–Trinajstić information content (AvgIpc) is 2.80. The predicted molar refractivity (Wildman–Crippen MR) is 114 cm³/mol. The smallest absolute Gasteiger partial charge is 0.269 e. The van der Waals surface area contributed by atoms with Gasteiger partial charge < -0.3 is 15.5 Å². The molecular formula is C23H25N5O. The van der Waals surface area contributed by atoms with Crippen LogP contribution in [-0.4, -0.2) is 42.1 Å². The molecule has 2 N–H and O–H groups in total. The second-order valence-corrected chi connectivity index (χ2v) is 7.07. The highest BCUT2D eigenvalue weighted by atomic mass is 16.1. The summed E-state index contributed by atoms with van der Waals surface area (Å²) in [5.74, 6) is 0.683. The third-order valence-corrected chi connectivity index (χ3v) is 5.06. The summed E-state index contributed by atoms with van der Waals surface area (Å²) >= 11 is 0. The first-order valence-electron chi connectivity index (χ1n) is 9.98. The van der Waals surface area contributed by atoms with E-state index >= 15 is 0 Å². The molecule has 3 aromatic rings. The van der Waals surface area contributed by atoms with Gasteiger partial charge in [-0.05, 0) is 29.8 Å². The van der Waals surface area contributed by atoms with Gasteiger partial charge in [0.15, 0.2) is 0 Å². The van der Waals surface area contributed by atoms with Gasteiger partial charge in [-0.3, -0.25) is 9.78 Å². The number of nitrogens with zero attached hydrogens (tertiary/aromatic N) is 3. The Bertz CT molecular complexity index is 932. The lowest BCUT2D eigenvalue weighted by atomic mass is 10.0. The molecule has 2 aromatic heterocycles. The lowest BCUT2D eigenvalue weighted by molar-refractivity contribution is 0.0949. The maximum absolute atomic E-state index is 12.5. The summed E-state index contributed by atoms with van der Waals surface area (Å²) in [6, 6.07) is 22.1. The molecule has 0 saturated carbocycles. The molecule has 1 amide bonds. The largest absolute Gasteiger partial charge is 0.353 e. The third-order valence-electron chi connectivity index (χ3n) is 5.06. The van der Waals surface area contributed by atoms with Crippen LogP contribution in [0.25, 0.3) is 0 Å². The standard InChI is InChI=1S/C23H25N5O/c29-23(26-14-12-19-9-4-5-13-24-19)20-10-6-11-22(27-20)28-16-15-25-21(17-28)18-7-2-1-3-8-18/h1-11,13,21,25H,12,14-17H2,(H,26,29)/t21-/m1/s1. The maximum atomic E-state index is 12.5. The molecule has 148 valence electrons. The molecule has 1 saturated heterocycles. The molecule has 0 radical (unpaired) electrons. The van der Waals surface area contributed by atoms with Crippen molar-refractivity contribution in [1.82, 2.24) is 20.6 Å². The molecule has 29 heavy (non-hydrogen) atoms. The van der Waals surface area contributed by atoms with Crippen LogP contribution in [0.1, 0.15) is 27.8 Å². The van der Waals surface area contributed by atoms with Gasteiger partial charge in [-0.1, -0.05) is 42.5 Å². The fourth-order valence-corrected chi connectivity index (χ4v) is 3.53. The van der Waals surface area contributed by atoms with E-state index in [4.69, 9.17) is 0 Å². The van der Waals surface area contributed by atoms with Crippen LogP contribution in [0.5, 0.6) is 0 Å². The Morgan fingerprint density at radius 2 is 1.93 bits per heavy atom. The van der Waals surface area contributed by atoms with E-state index in [0.29, 0.717) is 18.7 Å². The second kappa shape index (κ2) is 9.30. The van der Waals surface area contributed by atoms with Crippen LogP contribution in [0.15, 0.2) is 72.9 Å². The summed E-state index contributed by atoms with van der Waals surface area (Å²) in [6.07, 6.45) is 2.46. The van der Waals surface area contributed by atoms with Crippen molar-refractivity contribution >= 4 is 11.7 Å². The number of benzene rings is 1. The summed E-state index contributed by atoms with van der Waals surface area (Å²) in [5, 5.41) is 6.50. The highest BCUT2D eigenvalue weighted by Gasteiger charge is 2.22. The second-order valence-electron chi connectivity index (χ2n) is 7.07. The Balaban J connectivity index is 1.38. The van der Waals surface area contributed by atoms with Gasteiger partial charge in [0, 0.05) is 50.5 Å². The van der Waals surface area contributed by atoms with Crippen LogP contribution in [0, 0.1) is 0 Å². The number of anilines is 1. The summed E-state index contributed by atoms with van der Waals surface area (Å²) in [7, 11) is 0. The van der Waals surface area contributed by atoms with Gasteiger partial charge in [0.1, 0.15) is 11.5 Å². The van der Waals surface area contributed by atoms with E-state index in [1.54, 1.807) is 12.3 Å². The number of nitrogens with one attached hydrogen (secondary N) is 2. The van der Waals surface area contributed by atoms with Crippen LogP contribution >= 0.6 is 0 Å². The first-order chi connectivity index (χ1) is 14.3. The number of amides is 1. The number of carbonyl (C=O) groups excluding carboxylic acids is 1. The molecule has 0 unspecified atom stereocenters. The van der Waals surface area contributed by atoms with Crippen molar-refractivity contribution in [2.24, 2.45) is 0 Å². The molecule has 1 aromatic carbocycles. The molecule has 0 aliphatic carbocycles. The topological polar surface area (TPSA) is 70.2 Å². The molecule has 6 heteroatoms. The van der Waals surface area contributed by atoms with E-state index in [2.05, 4.69) is 49.8 Å². The van der Waals surface area contributed by atoms with Gasteiger partial charge in [-0.25, -0.2) is 4.98 Å². The summed E-state index contributed by atoms with van der Waals surface area (Å²) < 4.78 is 0. The Labute approximate surface area is 171 Å². The SMILES string of the molecule is O=C(NCCc1ccccn1)c1cccc(N2CCN[C@@H](c3ccccc3)C2)n1. The van der Waals surface area contributed by atoms with E-state index in [9.17, 15) is 4.79 Å². The predicted octanol–water partition coefficient (Wildman–Crippen LogP) is 2.60. The van der Waals surface area contributed by atoms with Crippen LogP contribution in [-0.2, 0) is 6.42 Å². The maximum Gasteiger partial charge on any atom is 0.269 e. The minimum Gasteiger partial charge on any atom is -0.353 e. The Morgan fingerprint density at radius 1 is 1.07 bits per heavy atom. The first kappa shape index (κ1) is 19.1. The van der Waals surface area contributed by atoms with Crippen molar-refractivity contribution in [1.29, 1.82) is 0 Å². The molecule has 1 aliphatic heterocycles. The zero-order valence-electron chi connectivity index (χ0n) is 16.3. The molecule has 6 nitrogen and oxygen atoms in total. The van der Waals surface area contributed by atoms with Gasteiger partial charge in [0.25, 0.3) is 5.91 Å². The molecular weight excluding hydrogens is 362 g/mol. The monoisotopic (exact) mass is 387 g/mol. The Morgan fingerprint density at radius 3 is 2.76 bits per heavy atom. The van der Waals surface area contributed by atoms with Gasteiger partial charge in [-0.2, -0.15) is 0 Å².